The number of ether oxygens (including phenoxy) is 1. The van der Waals surface area contributed by atoms with Gasteiger partial charge in [-0.15, -0.1) is 11.3 Å². The van der Waals surface area contributed by atoms with Crippen LogP contribution in [0.2, 0.25) is 0 Å². The predicted octanol–water partition coefficient (Wildman–Crippen LogP) is 3.83. The van der Waals surface area contributed by atoms with E-state index in [0.717, 1.165) is 12.0 Å². The number of thiophene rings is 1. The zero-order valence-electron chi connectivity index (χ0n) is 17.6. The van der Waals surface area contributed by atoms with E-state index in [1.165, 1.54) is 17.0 Å². The third-order valence-corrected chi connectivity index (χ3v) is 6.13. The van der Waals surface area contributed by atoms with Gasteiger partial charge in [-0.3, -0.25) is 4.79 Å². The summed E-state index contributed by atoms with van der Waals surface area (Å²) in [6, 6.07) is 7.37. The van der Waals surface area contributed by atoms with Crippen molar-refractivity contribution in [1.82, 2.24) is 15.1 Å². The highest BCUT2D eigenvalue weighted by Gasteiger charge is 2.34. The van der Waals surface area contributed by atoms with Crippen LogP contribution < -0.4 is 10.1 Å². The normalized spacial score (nSPS) is 15.6. The molecule has 3 rings (SSSR count). The zero-order chi connectivity index (χ0) is 21.7. The van der Waals surface area contributed by atoms with Gasteiger partial charge in [-0.25, -0.2) is 9.18 Å². The Balaban J connectivity index is 1.77. The summed E-state index contributed by atoms with van der Waals surface area (Å²) in [5, 5.41) is 4.78. The Morgan fingerprint density at radius 3 is 2.87 bits per heavy atom. The van der Waals surface area contributed by atoms with Gasteiger partial charge < -0.3 is 19.9 Å². The topological polar surface area (TPSA) is 61.9 Å². The molecule has 0 fully saturated rings. The summed E-state index contributed by atoms with van der Waals surface area (Å²) in [5.74, 6) is -0.0645. The first kappa shape index (κ1) is 22.1. The number of halogens is 1. The van der Waals surface area contributed by atoms with Gasteiger partial charge in [-0.05, 0) is 56.3 Å². The van der Waals surface area contributed by atoms with E-state index in [4.69, 9.17) is 4.74 Å². The van der Waals surface area contributed by atoms with E-state index in [2.05, 4.69) is 5.32 Å². The highest BCUT2D eigenvalue weighted by Crippen LogP contribution is 2.34. The number of rotatable bonds is 7. The minimum absolute atomic E-state index is 0.000560. The van der Waals surface area contributed by atoms with E-state index in [-0.39, 0.29) is 43.0 Å². The molecule has 3 amide bonds. The lowest BCUT2D eigenvalue weighted by molar-refractivity contribution is -0.135. The van der Waals surface area contributed by atoms with Gasteiger partial charge in [0.1, 0.15) is 24.7 Å². The van der Waals surface area contributed by atoms with E-state index >= 15 is 0 Å². The highest BCUT2D eigenvalue weighted by molar-refractivity contribution is 7.10. The lowest BCUT2D eigenvalue weighted by Crippen LogP contribution is -2.51. The molecule has 1 aliphatic rings. The second-order valence-corrected chi connectivity index (χ2v) is 8.48. The first-order chi connectivity index (χ1) is 14.4. The van der Waals surface area contributed by atoms with Crippen LogP contribution in [0.4, 0.5) is 9.18 Å². The maximum atomic E-state index is 13.5. The smallest absolute Gasteiger partial charge is 0.318 e. The quantitative estimate of drug-likeness (QED) is 0.722. The summed E-state index contributed by atoms with van der Waals surface area (Å²) in [7, 11) is 0. The van der Waals surface area contributed by atoms with Crippen LogP contribution in [0.1, 0.15) is 37.3 Å². The molecule has 1 aromatic heterocycles. The van der Waals surface area contributed by atoms with E-state index in [9.17, 15) is 14.0 Å². The number of benzene rings is 1. The first-order valence-electron chi connectivity index (χ1n) is 10.2. The van der Waals surface area contributed by atoms with Crippen molar-refractivity contribution in [3.8, 4) is 5.75 Å². The molecular weight excluding hydrogens is 405 g/mol. The van der Waals surface area contributed by atoms with Crippen molar-refractivity contribution in [3.05, 3.63) is 52.0 Å². The van der Waals surface area contributed by atoms with Crippen LogP contribution in [0.5, 0.6) is 5.75 Å². The Bertz CT molecular complexity index is 886. The summed E-state index contributed by atoms with van der Waals surface area (Å²) in [5.41, 5.74) is 1.06. The van der Waals surface area contributed by atoms with Crippen molar-refractivity contribution in [2.24, 2.45) is 0 Å². The predicted molar refractivity (Wildman–Crippen MR) is 115 cm³/mol. The average molecular weight is 434 g/mol. The largest absolute Gasteiger partial charge is 0.491 e. The minimum Gasteiger partial charge on any atom is -0.491 e. The fourth-order valence-electron chi connectivity index (χ4n) is 3.58. The fraction of sp³-hybridized carbons (Fsp3) is 0.455. The molecule has 2 aromatic rings. The van der Waals surface area contributed by atoms with Crippen molar-refractivity contribution in [2.75, 3.05) is 26.2 Å². The molecule has 0 aliphatic carbocycles. The number of nitrogens with zero attached hydrogens (tertiary/aromatic N) is 2. The minimum atomic E-state index is -0.366. The molecule has 0 bridgehead atoms. The molecule has 1 aliphatic heterocycles. The van der Waals surface area contributed by atoms with Crippen LogP contribution in [-0.2, 0) is 11.2 Å². The van der Waals surface area contributed by atoms with Crippen molar-refractivity contribution in [3.63, 3.8) is 0 Å². The molecule has 0 spiro atoms. The molecule has 0 saturated carbocycles. The lowest BCUT2D eigenvalue weighted by Gasteiger charge is -2.37. The summed E-state index contributed by atoms with van der Waals surface area (Å²) >= 11 is 1.67. The summed E-state index contributed by atoms with van der Waals surface area (Å²) in [6.07, 6.45) is 0.776. The molecule has 0 radical (unpaired) electrons. The molecule has 2 heterocycles. The maximum absolute atomic E-state index is 13.5. The number of fused-ring (bicyclic) bond motifs is 1. The number of urea groups is 1. The number of hydrogen-bond acceptors (Lipinski definition) is 4. The average Bonchev–Trinajstić information content (AvgIpc) is 3.19. The number of amides is 3. The van der Waals surface area contributed by atoms with Gasteiger partial charge in [0.2, 0.25) is 5.91 Å². The number of nitrogens with one attached hydrogen (secondary N) is 1. The van der Waals surface area contributed by atoms with Crippen LogP contribution in [-0.4, -0.2) is 54.0 Å². The SMILES string of the molecule is CCNC(=O)N(CC(=O)N1CCc2sccc2[C@@H]1COc1cccc(F)c1)C(C)C. The van der Waals surface area contributed by atoms with Gasteiger partial charge in [-0.2, -0.15) is 0 Å². The second kappa shape index (κ2) is 9.93. The highest BCUT2D eigenvalue weighted by atomic mass is 32.1. The van der Waals surface area contributed by atoms with Crippen molar-refractivity contribution < 1.29 is 18.7 Å². The summed E-state index contributed by atoms with van der Waals surface area (Å²) < 4.78 is 19.3. The van der Waals surface area contributed by atoms with Crippen LogP contribution in [0, 0.1) is 5.82 Å². The Morgan fingerprint density at radius 2 is 2.17 bits per heavy atom. The van der Waals surface area contributed by atoms with E-state index in [1.807, 2.05) is 32.2 Å². The van der Waals surface area contributed by atoms with Gasteiger partial charge in [-0.1, -0.05) is 6.07 Å². The van der Waals surface area contributed by atoms with Gasteiger partial charge >= 0.3 is 6.03 Å². The third-order valence-electron chi connectivity index (χ3n) is 5.14. The monoisotopic (exact) mass is 433 g/mol. The van der Waals surface area contributed by atoms with E-state index in [0.29, 0.717) is 18.8 Å². The standard InChI is InChI=1S/C22H28FN3O3S/c1-4-24-22(28)26(15(2)3)13-21(27)25-10-8-20-18(9-11-30-20)19(25)14-29-17-7-5-6-16(23)12-17/h5-7,9,11-12,15,19H,4,8,10,13-14H2,1-3H3,(H,24,28)/t19-/m0/s1. The molecule has 6 nitrogen and oxygen atoms in total. The fourth-order valence-corrected chi connectivity index (χ4v) is 4.51. The van der Waals surface area contributed by atoms with Gasteiger partial charge in [0, 0.05) is 30.1 Å². The van der Waals surface area contributed by atoms with Crippen LogP contribution in [0.15, 0.2) is 35.7 Å². The maximum Gasteiger partial charge on any atom is 0.318 e. The molecular formula is C22H28FN3O3S. The molecule has 1 N–H and O–H groups in total. The molecule has 162 valence electrons. The molecule has 0 saturated heterocycles. The van der Waals surface area contributed by atoms with Gasteiger partial charge in [0.25, 0.3) is 0 Å². The first-order valence-corrected chi connectivity index (χ1v) is 11.1. The van der Waals surface area contributed by atoms with Crippen LogP contribution >= 0.6 is 11.3 Å². The molecule has 8 heteroatoms. The Hall–Kier alpha value is -2.61. The zero-order valence-corrected chi connectivity index (χ0v) is 18.4. The molecule has 0 unspecified atom stereocenters. The molecule has 30 heavy (non-hydrogen) atoms. The van der Waals surface area contributed by atoms with Crippen molar-refractivity contribution in [1.29, 1.82) is 0 Å². The van der Waals surface area contributed by atoms with Crippen LogP contribution in [0.3, 0.4) is 0 Å². The Kier molecular flexibility index (Phi) is 7.31. The second-order valence-electron chi connectivity index (χ2n) is 7.48. The van der Waals surface area contributed by atoms with Crippen LogP contribution in [0.25, 0.3) is 0 Å². The molecule has 1 atom stereocenters. The van der Waals surface area contributed by atoms with Crippen molar-refractivity contribution in [2.45, 2.75) is 39.3 Å². The number of carbonyl (C=O) groups excluding carboxylic acids is 2. The van der Waals surface area contributed by atoms with E-state index in [1.54, 1.807) is 33.3 Å². The number of hydrogen-bond donors (Lipinski definition) is 1. The Morgan fingerprint density at radius 1 is 1.37 bits per heavy atom. The summed E-state index contributed by atoms with van der Waals surface area (Å²) in [4.78, 5) is 30.1. The lowest BCUT2D eigenvalue weighted by atomic mass is 10.0. The van der Waals surface area contributed by atoms with Gasteiger partial charge in [0.15, 0.2) is 0 Å². The van der Waals surface area contributed by atoms with Gasteiger partial charge in [0.05, 0.1) is 6.04 Å². The number of carbonyl (C=O) groups is 2. The summed E-state index contributed by atoms with van der Waals surface area (Å²) in [6.45, 7) is 6.91. The van der Waals surface area contributed by atoms with E-state index < -0.39 is 0 Å². The Labute approximate surface area is 180 Å². The third kappa shape index (κ3) is 5.11. The van der Waals surface area contributed by atoms with Crippen molar-refractivity contribution >= 4 is 23.3 Å². The molecule has 1 aromatic carbocycles.